The van der Waals surface area contributed by atoms with Gasteiger partial charge < -0.3 is 20.1 Å². The van der Waals surface area contributed by atoms with Crippen LogP contribution in [0.5, 0.6) is 5.75 Å². The average molecular weight is 502 g/mol. The van der Waals surface area contributed by atoms with Crippen LogP contribution in [0.25, 0.3) is 0 Å². The van der Waals surface area contributed by atoms with Crippen LogP contribution in [0.15, 0.2) is 91.0 Å². The number of para-hydroxylation sites is 1. The molecule has 0 aromatic heterocycles. The lowest BCUT2D eigenvalue weighted by Crippen LogP contribution is -2.55. The van der Waals surface area contributed by atoms with Gasteiger partial charge in [-0.3, -0.25) is 10.1 Å². The first-order valence-electron chi connectivity index (χ1n) is 12.9. The molecule has 1 aliphatic heterocycles. The van der Waals surface area contributed by atoms with Crippen molar-refractivity contribution >= 4 is 12.0 Å². The number of amides is 2. The second-order valence-electron chi connectivity index (χ2n) is 9.39. The van der Waals surface area contributed by atoms with E-state index in [1.54, 1.807) is 29.2 Å². The Balaban J connectivity index is 1.53. The van der Waals surface area contributed by atoms with Gasteiger partial charge in [0.05, 0.1) is 18.3 Å². The molecule has 1 unspecified atom stereocenters. The van der Waals surface area contributed by atoms with Crippen molar-refractivity contribution in [2.75, 3.05) is 0 Å². The number of nitrogens with one attached hydrogen (secondary N) is 2. The molecule has 1 heterocycles. The van der Waals surface area contributed by atoms with Crippen molar-refractivity contribution in [2.45, 2.75) is 63.5 Å². The van der Waals surface area contributed by atoms with Crippen LogP contribution in [0.1, 0.15) is 37.3 Å². The smallest absolute Gasteiger partial charge is 0.410 e. The lowest BCUT2D eigenvalue weighted by molar-refractivity contribution is -0.133. The maximum absolute atomic E-state index is 13.6. The Hall–Kier alpha value is -3.68. The van der Waals surface area contributed by atoms with Crippen molar-refractivity contribution in [3.05, 3.63) is 102 Å². The van der Waals surface area contributed by atoms with Gasteiger partial charge in [-0.1, -0.05) is 98.6 Å². The van der Waals surface area contributed by atoms with E-state index in [2.05, 4.69) is 17.6 Å². The Morgan fingerprint density at radius 3 is 2.19 bits per heavy atom. The van der Waals surface area contributed by atoms with Crippen LogP contribution in [-0.4, -0.2) is 46.4 Å². The van der Waals surface area contributed by atoms with E-state index in [1.165, 1.54) is 0 Å². The summed E-state index contributed by atoms with van der Waals surface area (Å²) in [7, 11) is 0. The minimum Gasteiger partial charge on any atom is -0.410 e. The number of nitrogens with zero attached hydrogens (tertiary/aromatic N) is 1. The number of carbonyl (C=O) groups is 2. The molecule has 37 heavy (non-hydrogen) atoms. The third-order valence-corrected chi connectivity index (χ3v) is 6.63. The van der Waals surface area contributed by atoms with Gasteiger partial charge in [-0.25, -0.2) is 4.79 Å². The molecule has 1 fully saturated rings. The van der Waals surface area contributed by atoms with Crippen LogP contribution >= 0.6 is 0 Å². The van der Waals surface area contributed by atoms with E-state index >= 15 is 0 Å². The highest BCUT2D eigenvalue weighted by atomic mass is 16.6. The van der Waals surface area contributed by atoms with Crippen LogP contribution in [-0.2, 0) is 17.8 Å². The van der Waals surface area contributed by atoms with Crippen LogP contribution in [0.2, 0.25) is 0 Å². The van der Waals surface area contributed by atoms with Crippen molar-refractivity contribution in [1.29, 1.82) is 0 Å². The third kappa shape index (κ3) is 7.18. The maximum atomic E-state index is 13.6. The molecule has 0 bridgehead atoms. The molecule has 3 aromatic rings. The van der Waals surface area contributed by atoms with Gasteiger partial charge in [-0.2, -0.15) is 0 Å². The normalized spacial score (nSPS) is 18.9. The minimum atomic E-state index is -1.17. The molecule has 0 spiro atoms. The van der Waals surface area contributed by atoms with Gasteiger partial charge in [-0.15, -0.1) is 0 Å². The zero-order valence-electron chi connectivity index (χ0n) is 21.1. The molecule has 4 rings (SSSR count). The summed E-state index contributed by atoms with van der Waals surface area (Å²) in [5.74, 6) is 0.227. The Morgan fingerprint density at radius 1 is 0.973 bits per heavy atom. The van der Waals surface area contributed by atoms with E-state index in [0.29, 0.717) is 18.7 Å². The molecule has 0 radical (unpaired) electrons. The molecule has 1 aliphatic rings. The monoisotopic (exact) mass is 501 g/mol. The van der Waals surface area contributed by atoms with E-state index in [1.807, 2.05) is 66.7 Å². The highest BCUT2D eigenvalue weighted by Crippen LogP contribution is 2.23. The molecule has 4 atom stereocenters. The number of unbranched alkanes of at least 4 members (excludes halogenated alkanes) is 1. The van der Waals surface area contributed by atoms with Crippen molar-refractivity contribution in [3.63, 3.8) is 0 Å². The van der Waals surface area contributed by atoms with Crippen molar-refractivity contribution < 1.29 is 19.4 Å². The summed E-state index contributed by atoms with van der Waals surface area (Å²) in [6.45, 7) is 2.57. The van der Waals surface area contributed by atoms with Gasteiger partial charge in [0.2, 0.25) is 5.91 Å². The molecule has 3 N–H and O–H groups in total. The summed E-state index contributed by atoms with van der Waals surface area (Å²) >= 11 is 0. The summed E-state index contributed by atoms with van der Waals surface area (Å²) in [5.41, 5.74) is 1.96. The predicted octanol–water partition coefficient (Wildman–Crippen LogP) is 4.26. The fraction of sp³-hybridized carbons (Fsp3) is 0.333. The Kier molecular flexibility index (Phi) is 9.29. The highest BCUT2D eigenvalue weighted by Gasteiger charge is 2.44. The zero-order chi connectivity index (χ0) is 26.0. The van der Waals surface area contributed by atoms with Crippen LogP contribution in [0.4, 0.5) is 4.79 Å². The fourth-order valence-corrected chi connectivity index (χ4v) is 4.68. The van der Waals surface area contributed by atoms with E-state index in [9.17, 15) is 14.7 Å². The van der Waals surface area contributed by atoms with Gasteiger partial charge in [0.15, 0.2) is 0 Å². The maximum Gasteiger partial charge on any atom is 0.412 e. The second-order valence-corrected chi connectivity index (χ2v) is 9.39. The lowest BCUT2D eigenvalue weighted by Gasteiger charge is -2.27. The lowest BCUT2D eigenvalue weighted by atomic mass is 9.96. The quantitative estimate of drug-likeness (QED) is 0.365. The summed E-state index contributed by atoms with van der Waals surface area (Å²) in [6.07, 6.45) is 1.04. The van der Waals surface area contributed by atoms with E-state index in [0.717, 1.165) is 30.4 Å². The predicted molar refractivity (Wildman–Crippen MR) is 143 cm³/mol. The van der Waals surface area contributed by atoms with Crippen LogP contribution in [0.3, 0.4) is 0 Å². The molecule has 7 nitrogen and oxygen atoms in total. The number of aliphatic hydroxyl groups is 1. The average Bonchev–Trinajstić information content (AvgIpc) is 3.23. The Morgan fingerprint density at radius 2 is 1.57 bits per heavy atom. The van der Waals surface area contributed by atoms with Crippen LogP contribution in [0, 0.1) is 0 Å². The van der Waals surface area contributed by atoms with Crippen LogP contribution < -0.4 is 15.4 Å². The zero-order valence-corrected chi connectivity index (χ0v) is 21.1. The summed E-state index contributed by atoms with van der Waals surface area (Å²) in [5, 5.41) is 17.7. The molecular formula is C30H35N3O4. The fourth-order valence-electron chi connectivity index (χ4n) is 4.68. The highest BCUT2D eigenvalue weighted by molar-refractivity contribution is 5.85. The number of ether oxygens (including phenoxy) is 1. The van der Waals surface area contributed by atoms with Gasteiger partial charge in [0.25, 0.3) is 0 Å². The Labute approximate surface area is 218 Å². The summed E-state index contributed by atoms with van der Waals surface area (Å²) in [4.78, 5) is 28.2. The van der Waals surface area contributed by atoms with E-state index in [4.69, 9.17) is 4.74 Å². The molecule has 0 saturated carbocycles. The third-order valence-electron chi connectivity index (χ3n) is 6.63. The van der Waals surface area contributed by atoms with Crippen molar-refractivity contribution in [2.24, 2.45) is 0 Å². The molecular weight excluding hydrogens is 466 g/mol. The molecule has 194 valence electrons. The minimum absolute atomic E-state index is 0.172. The van der Waals surface area contributed by atoms with Crippen molar-refractivity contribution in [1.82, 2.24) is 15.5 Å². The first-order valence-corrected chi connectivity index (χ1v) is 12.9. The first kappa shape index (κ1) is 26.4. The number of hydrogen-bond donors (Lipinski definition) is 3. The SMILES string of the molecule is CCCC[C@H]1NC([C@H](O)[C@H](Cc2ccccc2)NC(=O)Oc2ccccc2)C(=O)N1Cc1ccccc1. The summed E-state index contributed by atoms with van der Waals surface area (Å²) < 4.78 is 5.42. The number of benzene rings is 3. The molecule has 1 saturated heterocycles. The molecule has 0 aliphatic carbocycles. The number of hydrogen-bond acceptors (Lipinski definition) is 5. The molecule has 2 amide bonds. The van der Waals surface area contributed by atoms with Gasteiger partial charge in [0.1, 0.15) is 11.8 Å². The Bertz CT molecular complexity index is 1130. The van der Waals surface area contributed by atoms with Gasteiger partial charge in [0, 0.05) is 6.54 Å². The standard InChI is InChI=1S/C30H35N3O4/c1-2-3-19-26-32-27(29(35)33(26)21-23-15-9-5-10-16-23)28(34)25(20-22-13-7-4-8-14-22)31-30(36)37-24-17-11-6-12-18-24/h4-18,25-28,32,34H,2-3,19-21H2,1H3,(H,31,36)/t25-,26-,27?,28+/m0/s1. The van der Waals surface area contributed by atoms with Gasteiger partial charge in [-0.05, 0) is 36.1 Å². The van der Waals surface area contributed by atoms with Crippen molar-refractivity contribution in [3.8, 4) is 5.75 Å². The number of rotatable bonds is 11. The van der Waals surface area contributed by atoms with E-state index in [-0.39, 0.29) is 12.1 Å². The molecule has 7 heteroatoms. The van der Waals surface area contributed by atoms with E-state index < -0.39 is 24.3 Å². The van der Waals surface area contributed by atoms with Gasteiger partial charge >= 0.3 is 6.09 Å². The second kappa shape index (κ2) is 13.0. The first-order chi connectivity index (χ1) is 18.0. The topological polar surface area (TPSA) is 90.9 Å². The number of aliphatic hydroxyl groups excluding tert-OH is 1. The number of carbonyl (C=O) groups excluding carboxylic acids is 2. The molecule has 3 aromatic carbocycles. The summed E-state index contributed by atoms with van der Waals surface area (Å²) in [6, 6.07) is 26.6. The largest absolute Gasteiger partial charge is 0.412 e.